The van der Waals surface area contributed by atoms with Crippen LogP contribution in [0.4, 0.5) is 22.7 Å². The van der Waals surface area contributed by atoms with E-state index in [2.05, 4.69) is 31.2 Å². The molecule has 0 unspecified atom stereocenters. The van der Waals surface area contributed by atoms with Crippen LogP contribution in [0.5, 0.6) is 0 Å². The van der Waals surface area contributed by atoms with E-state index in [-0.39, 0.29) is 23.6 Å². The van der Waals surface area contributed by atoms with Gasteiger partial charge in [-0.1, -0.05) is 24.3 Å². The number of nitrogens with zero attached hydrogens (tertiary/aromatic N) is 1. The lowest BCUT2D eigenvalue weighted by Gasteiger charge is -2.10. The van der Waals surface area contributed by atoms with Crippen molar-refractivity contribution in [3.8, 4) is 11.4 Å². The molecule has 5 aromatic rings. The molecule has 0 aliphatic rings. The van der Waals surface area contributed by atoms with Crippen molar-refractivity contribution >= 4 is 57.4 Å². The zero-order chi connectivity index (χ0) is 28.9. The second-order valence-electron chi connectivity index (χ2n) is 9.26. The van der Waals surface area contributed by atoms with Gasteiger partial charge in [0.25, 0.3) is 11.8 Å². The normalized spacial score (nSPS) is 10.6. The van der Waals surface area contributed by atoms with E-state index in [4.69, 9.17) is 0 Å². The molecule has 41 heavy (non-hydrogen) atoms. The first-order chi connectivity index (χ1) is 19.8. The van der Waals surface area contributed by atoms with Crippen molar-refractivity contribution in [2.24, 2.45) is 0 Å². The molecular formula is C31H26N6O4. The number of amides is 4. The molecule has 0 bridgehead atoms. The minimum Gasteiger partial charge on any atom is -0.338 e. The molecule has 0 fully saturated rings. The minimum absolute atomic E-state index is 0.262. The third-order valence-electron chi connectivity index (χ3n) is 6.12. The van der Waals surface area contributed by atoms with E-state index in [1.54, 1.807) is 78.9 Å². The summed E-state index contributed by atoms with van der Waals surface area (Å²) in [6, 6.07) is 26.1. The van der Waals surface area contributed by atoms with Crippen LogP contribution in [-0.2, 0) is 9.59 Å². The van der Waals surface area contributed by atoms with Gasteiger partial charge >= 0.3 is 0 Å². The van der Waals surface area contributed by atoms with Crippen molar-refractivity contribution in [3.63, 3.8) is 0 Å². The van der Waals surface area contributed by atoms with Crippen LogP contribution >= 0.6 is 0 Å². The second kappa shape index (κ2) is 11.5. The Labute approximate surface area is 235 Å². The number of carbonyl (C=O) groups is 4. The van der Waals surface area contributed by atoms with Gasteiger partial charge in [0.2, 0.25) is 11.8 Å². The van der Waals surface area contributed by atoms with Gasteiger partial charge in [0, 0.05) is 30.8 Å². The maximum atomic E-state index is 12.9. The van der Waals surface area contributed by atoms with Gasteiger partial charge in [-0.3, -0.25) is 19.2 Å². The van der Waals surface area contributed by atoms with Crippen molar-refractivity contribution in [2.45, 2.75) is 13.8 Å². The zero-order valence-corrected chi connectivity index (χ0v) is 22.2. The van der Waals surface area contributed by atoms with E-state index in [9.17, 15) is 19.2 Å². The summed E-state index contributed by atoms with van der Waals surface area (Å²) in [6.45, 7) is 2.77. The molecule has 0 spiro atoms. The number of rotatable bonds is 7. The number of hydrogen-bond donors (Lipinski definition) is 5. The van der Waals surface area contributed by atoms with Crippen LogP contribution in [0.15, 0.2) is 91.0 Å². The van der Waals surface area contributed by atoms with Crippen molar-refractivity contribution in [1.29, 1.82) is 0 Å². The molecule has 0 aliphatic heterocycles. The monoisotopic (exact) mass is 546 g/mol. The summed E-state index contributed by atoms with van der Waals surface area (Å²) in [6.07, 6.45) is 0. The molecule has 0 aliphatic carbocycles. The smallest absolute Gasteiger partial charge is 0.257 e. The van der Waals surface area contributed by atoms with Gasteiger partial charge in [0.05, 0.1) is 33.5 Å². The highest BCUT2D eigenvalue weighted by Gasteiger charge is 2.15. The molecule has 10 heteroatoms. The Morgan fingerprint density at radius 1 is 0.610 bits per heavy atom. The predicted molar refractivity (Wildman–Crippen MR) is 159 cm³/mol. The van der Waals surface area contributed by atoms with E-state index in [1.807, 2.05) is 12.1 Å². The first-order valence-corrected chi connectivity index (χ1v) is 12.7. The number of anilines is 4. The molecule has 4 amide bonds. The number of hydrogen-bond acceptors (Lipinski definition) is 5. The molecule has 4 aromatic carbocycles. The standard InChI is InChI=1S/C31H26N6O4/c1-18(38)32-25-9-5-3-7-23(25)30(40)34-21-13-11-20(12-14-21)29-36-27-16-15-22(17-28(27)37-29)35-31(41)24-8-4-6-10-26(24)33-19(2)39/h3-17H,1-2H3,(H,32,38)(H,33,39)(H,34,40)(H,35,41)(H,36,37). The van der Waals surface area contributed by atoms with Crippen LogP contribution in [0.3, 0.4) is 0 Å². The molecule has 204 valence electrons. The summed E-state index contributed by atoms with van der Waals surface area (Å²) in [5.74, 6) is -0.610. The van der Waals surface area contributed by atoms with E-state index in [1.165, 1.54) is 13.8 Å². The molecule has 5 N–H and O–H groups in total. The minimum atomic E-state index is -0.356. The molecule has 0 atom stereocenters. The number of aromatic nitrogens is 2. The first kappa shape index (κ1) is 26.8. The van der Waals surface area contributed by atoms with E-state index in [0.29, 0.717) is 45.2 Å². The van der Waals surface area contributed by atoms with Crippen LogP contribution in [0, 0.1) is 0 Å². The van der Waals surface area contributed by atoms with Crippen LogP contribution in [0.2, 0.25) is 0 Å². The highest BCUT2D eigenvalue weighted by atomic mass is 16.2. The Hall–Kier alpha value is -5.77. The van der Waals surface area contributed by atoms with Gasteiger partial charge in [0.15, 0.2) is 0 Å². The van der Waals surface area contributed by atoms with Crippen LogP contribution in [0.1, 0.15) is 34.6 Å². The Kier molecular flexibility index (Phi) is 7.55. The number of imidazole rings is 1. The van der Waals surface area contributed by atoms with Crippen molar-refractivity contribution in [3.05, 3.63) is 102 Å². The van der Waals surface area contributed by atoms with Gasteiger partial charge in [0.1, 0.15) is 5.82 Å². The average Bonchev–Trinajstić information content (AvgIpc) is 3.37. The predicted octanol–water partition coefficient (Wildman–Crippen LogP) is 5.65. The Morgan fingerprint density at radius 3 is 1.68 bits per heavy atom. The third kappa shape index (κ3) is 6.28. The summed E-state index contributed by atoms with van der Waals surface area (Å²) in [5.41, 5.74) is 4.94. The molecule has 5 rings (SSSR count). The lowest BCUT2D eigenvalue weighted by molar-refractivity contribution is -0.115. The molecule has 10 nitrogen and oxygen atoms in total. The summed E-state index contributed by atoms with van der Waals surface area (Å²) in [4.78, 5) is 56.6. The number of fused-ring (bicyclic) bond motifs is 1. The largest absolute Gasteiger partial charge is 0.338 e. The van der Waals surface area contributed by atoms with Crippen LogP contribution < -0.4 is 21.3 Å². The summed E-state index contributed by atoms with van der Waals surface area (Å²) in [5, 5.41) is 11.0. The molecule has 0 saturated carbocycles. The number of aromatic amines is 1. The van der Waals surface area contributed by atoms with Gasteiger partial charge in [-0.2, -0.15) is 0 Å². The fourth-order valence-corrected chi connectivity index (χ4v) is 4.29. The molecule has 1 heterocycles. The zero-order valence-electron chi connectivity index (χ0n) is 22.2. The van der Waals surface area contributed by atoms with Gasteiger partial charge in [-0.15, -0.1) is 0 Å². The van der Waals surface area contributed by atoms with E-state index in [0.717, 1.165) is 11.1 Å². The highest BCUT2D eigenvalue weighted by Crippen LogP contribution is 2.26. The fourth-order valence-electron chi connectivity index (χ4n) is 4.29. The van der Waals surface area contributed by atoms with Crippen molar-refractivity contribution in [1.82, 2.24) is 9.97 Å². The molecule has 0 saturated heterocycles. The van der Waals surface area contributed by atoms with Crippen LogP contribution in [0.25, 0.3) is 22.4 Å². The summed E-state index contributed by atoms with van der Waals surface area (Å²) >= 11 is 0. The van der Waals surface area contributed by atoms with Crippen molar-refractivity contribution in [2.75, 3.05) is 21.3 Å². The number of H-pyrrole nitrogens is 1. The number of carbonyl (C=O) groups excluding carboxylic acids is 4. The van der Waals surface area contributed by atoms with Gasteiger partial charge in [-0.05, 0) is 66.7 Å². The average molecular weight is 547 g/mol. The maximum absolute atomic E-state index is 12.9. The lowest BCUT2D eigenvalue weighted by Crippen LogP contribution is -2.16. The number of benzene rings is 4. The van der Waals surface area contributed by atoms with Gasteiger partial charge in [-0.25, -0.2) is 4.98 Å². The van der Waals surface area contributed by atoms with E-state index < -0.39 is 0 Å². The Bertz CT molecular complexity index is 1790. The molecule has 0 radical (unpaired) electrons. The third-order valence-corrected chi connectivity index (χ3v) is 6.12. The van der Waals surface area contributed by atoms with Gasteiger partial charge < -0.3 is 26.3 Å². The number of nitrogens with one attached hydrogen (secondary N) is 5. The topological polar surface area (TPSA) is 145 Å². The first-order valence-electron chi connectivity index (χ1n) is 12.7. The second-order valence-corrected chi connectivity index (χ2v) is 9.26. The Morgan fingerprint density at radius 2 is 1.12 bits per heavy atom. The summed E-state index contributed by atoms with van der Waals surface area (Å²) < 4.78 is 0. The SMILES string of the molecule is CC(=O)Nc1ccccc1C(=O)Nc1ccc(-c2nc3ccc(NC(=O)c4ccccc4NC(C)=O)cc3[nH]2)cc1. The molecular weight excluding hydrogens is 520 g/mol. The maximum Gasteiger partial charge on any atom is 0.257 e. The molecule has 1 aromatic heterocycles. The quantitative estimate of drug-likeness (QED) is 0.179. The lowest BCUT2D eigenvalue weighted by atomic mass is 10.1. The Balaban J connectivity index is 1.30. The summed E-state index contributed by atoms with van der Waals surface area (Å²) in [7, 11) is 0. The number of para-hydroxylation sites is 2. The fraction of sp³-hybridized carbons (Fsp3) is 0.0645. The van der Waals surface area contributed by atoms with Crippen LogP contribution in [-0.4, -0.2) is 33.6 Å². The van der Waals surface area contributed by atoms with Crippen molar-refractivity contribution < 1.29 is 19.2 Å². The highest BCUT2D eigenvalue weighted by molar-refractivity contribution is 6.11. The van der Waals surface area contributed by atoms with E-state index >= 15 is 0 Å².